The van der Waals surface area contributed by atoms with Crippen molar-refractivity contribution in [3.05, 3.63) is 175 Å². The molecular weight excluding hydrogens is 665 g/mol. The maximum atomic E-state index is 16.0. The normalized spacial score (nSPS) is 13.0. The summed E-state index contributed by atoms with van der Waals surface area (Å²) in [7, 11) is 0. The van der Waals surface area contributed by atoms with Gasteiger partial charge in [0.15, 0.2) is 17.5 Å². The molecular formula is C46H27F2N3S. The molecule has 0 N–H and O–H groups in total. The van der Waals surface area contributed by atoms with E-state index in [9.17, 15) is 0 Å². The molecule has 2 heterocycles. The van der Waals surface area contributed by atoms with Crippen LogP contribution in [0.2, 0.25) is 0 Å². The molecule has 0 bridgehead atoms. The van der Waals surface area contributed by atoms with Gasteiger partial charge in [-0.1, -0.05) is 133 Å². The van der Waals surface area contributed by atoms with Crippen LogP contribution in [0.15, 0.2) is 164 Å². The van der Waals surface area contributed by atoms with E-state index in [1.54, 1.807) is 35.6 Å². The minimum absolute atomic E-state index is 0.00177. The monoisotopic (exact) mass is 691 g/mol. The van der Waals surface area contributed by atoms with Crippen LogP contribution in [0.3, 0.4) is 0 Å². The van der Waals surface area contributed by atoms with Crippen LogP contribution < -0.4 is 0 Å². The number of alkyl halides is 2. The highest BCUT2D eigenvalue weighted by Crippen LogP contribution is 2.52. The summed E-state index contributed by atoms with van der Waals surface area (Å²) in [4.78, 5) is 14.5. The van der Waals surface area contributed by atoms with Crippen LogP contribution in [-0.2, 0) is 5.92 Å². The van der Waals surface area contributed by atoms with Gasteiger partial charge in [0.2, 0.25) is 0 Å². The second kappa shape index (κ2) is 11.9. The number of aromatic nitrogens is 3. The third-order valence-corrected chi connectivity index (χ3v) is 11.0. The number of fused-ring (bicyclic) bond motifs is 6. The van der Waals surface area contributed by atoms with Crippen LogP contribution in [0.4, 0.5) is 8.78 Å². The molecule has 10 rings (SSSR count). The van der Waals surface area contributed by atoms with Gasteiger partial charge >= 0.3 is 0 Å². The SMILES string of the molecule is FC1(F)c2ccc(-c3ccc(-c4ccc5sc6ccccc6c5c4)cc3)cc2-c2cc(-c3nc(-c4ccccc4)nc(-c4ccccc4)n3)ccc21. The summed E-state index contributed by atoms with van der Waals surface area (Å²) in [5, 5.41) is 2.52. The van der Waals surface area contributed by atoms with Gasteiger partial charge in [-0.15, -0.1) is 11.3 Å². The zero-order valence-electron chi connectivity index (χ0n) is 27.6. The lowest BCUT2D eigenvalue weighted by molar-refractivity contribution is 0.0480. The number of thiophene rings is 1. The van der Waals surface area contributed by atoms with Crippen LogP contribution in [0.5, 0.6) is 0 Å². The van der Waals surface area contributed by atoms with Gasteiger partial charge in [0.25, 0.3) is 5.92 Å². The first-order chi connectivity index (χ1) is 25.5. The summed E-state index contributed by atoms with van der Waals surface area (Å²) >= 11 is 1.81. The molecule has 2 aromatic heterocycles. The van der Waals surface area contributed by atoms with Gasteiger partial charge in [0.05, 0.1) is 0 Å². The van der Waals surface area contributed by atoms with Gasteiger partial charge in [0.1, 0.15) is 0 Å². The Morgan fingerprint density at radius 1 is 0.365 bits per heavy atom. The average molecular weight is 692 g/mol. The standard InChI is InChI=1S/C46H27F2N3S/c47-46(48)39-22-19-32(28-15-17-29(18-16-28)33-21-24-42-38(26-33)35-13-7-8-14-41(35)52-42)25-36(39)37-27-34(20-23-40(37)46)45-50-43(30-9-3-1-4-10-30)49-44(51-45)31-11-5-2-6-12-31/h1-27H. The third-order valence-electron chi connectivity index (χ3n) is 9.89. The number of hydrogen-bond acceptors (Lipinski definition) is 4. The molecule has 0 radical (unpaired) electrons. The van der Waals surface area contributed by atoms with Crippen molar-refractivity contribution in [2.45, 2.75) is 5.92 Å². The summed E-state index contributed by atoms with van der Waals surface area (Å²) in [6.07, 6.45) is 0. The molecule has 52 heavy (non-hydrogen) atoms. The van der Waals surface area contributed by atoms with Gasteiger partial charge in [-0.3, -0.25) is 0 Å². The zero-order chi connectivity index (χ0) is 34.8. The van der Waals surface area contributed by atoms with Crippen LogP contribution in [0, 0.1) is 0 Å². The van der Waals surface area contributed by atoms with Crippen LogP contribution in [0.1, 0.15) is 11.1 Å². The van der Waals surface area contributed by atoms with Crippen molar-refractivity contribution in [3.8, 4) is 67.5 Å². The van der Waals surface area contributed by atoms with Crippen molar-refractivity contribution in [2.24, 2.45) is 0 Å². The lowest BCUT2D eigenvalue weighted by Gasteiger charge is -2.13. The lowest BCUT2D eigenvalue weighted by atomic mass is 9.96. The molecule has 0 saturated carbocycles. The molecule has 0 atom stereocenters. The van der Waals surface area contributed by atoms with Crippen molar-refractivity contribution in [1.29, 1.82) is 0 Å². The third kappa shape index (κ3) is 5.02. The molecule has 1 aliphatic carbocycles. The number of benzene rings is 7. The second-order valence-corrected chi connectivity index (χ2v) is 14.1. The van der Waals surface area contributed by atoms with E-state index in [2.05, 4.69) is 66.7 Å². The largest absolute Gasteiger partial charge is 0.299 e. The van der Waals surface area contributed by atoms with E-state index in [0.717, 1.165) is 33.4 Å². The number of rotatable bonds is 5. The van der Waals surface area contributed by atoms with Crippen molar-refractivity contribution < 1.29 is 8.78 Å². The van der Waals surface area contributed by atoms with Gasteiger partial charge in [-0.25, -0.2) is 15.0 Å². The maximum Gasteiger partial charge on any atom is 0.299 e. The molecule has 0 aliphatic heterocycles. The van der Waals surface area contributed by atoms with Crippen LogP contribution >= 0.6 is 11.3 Å². The summed E-state index contributed by atoms with van der Waals surface area (Å²) in [5.41, 5.74) is 7.38. The average Bonchev–Trinajstić information content (AvgIpc) is 3.69. The summed E-state index contributed by atoms with van der Waals surface area (Å²) in [6, 6.07) is 53.1. The van der Waals surface area contributed by atoms with E-state index in [0.29, 0.717) is 34.2 Å². The van der Waals surface area contributed by atoms with Crippen molar-refractivity contribution in [3.63, 3.8) is 0 Å². The summed E-state index contributed by atoms with van der Waals surface area (Å²) in [5.74, 6) is -1.66. The summed E-state index contributed by atoms with van der Waals surface area (Å²) < 4.78 is 34.5. The Labute approximate surface area is 302 Å². The quantitative estimate of drug-likeness (QED) is 0.180. The van der Waals surface area contributed by atoms with Gasteiger partial charge in [-0.2, -0.15) is 8.78 Å². The predicted octanol–water partition coefficient (Wildman–Crippen LogP) is 12.7. The van der Waals surface area contributed by atoms with E-state index in [1.165, 1.54) is 26.2 Å². The maximum absolute atomic E-state index is 16.0. The number of hydrogen-bond donors (Lipinski definition) is 0. The number of nitrogens with zero attached hydrogens (tertiary/aromatic N) is 3. The Bertz CT molecular complexity index is 2750. The molecule has 0 unspecified atom stereocenters. The molecule has 9 aromatic rings. The van der Waals surface area contributed by atoms with Gasteiger partial charge < -0.3 is 0 Å². The molecule has 1 aliphatic rings. The highest BCUT2D eigenvalue weighted by Gasteiger charge is 2.44. The first kappa shape index (κ1) is 30.5. The Kier molecular flexibility index (Phi) is 6.95. The topological polar surface area (TPSA) is 38.7 Å². The van der Waals surface area contributed by atoms with E-state index in [4.69, 9.17) is 15.0 Å². The van der Waals surface area contributed by atoms with Crippen molar-refractivity contribution in [2.75, 3.05) is 0 Å². The first-order valence-corrected chi connectivity index (χ1v) is 17.9. The smallest absolute Gasteiger partial charge is 0.208 e. The molecule has 6 heteroatoms. The molecule has 0 spiro atoms. The predicted molar refractivity (Wildman–Crippen MR) is 208 cm³/mol. The number of halogens is 2. The Morgan fingerprint density at radius 2 is 0.808 bits per heavy atom. The molecule has 0 fully saturated rings. The Morgan fingerprint density at radius 3 is 1.42 bits per heavy atom. The van der Waals surface area contributed by atoms with E-state index in [1.807, 2.05) is 66.7 Å². The molecule has 7 aromatic carbocycles. The van der Waals surface area contributed by atoms with Crippen molar-refractivity contribution >= 4 is 31.5 Å². The lowest BCUT2D eigenvalue weighted by Crippen LogP contribution is -2.10. The molecule has 0 amide bonds. The van der Waals surface area contributed by atoms with E-state index in [-0.39, 0.29) is 11.1 Å². The van der Waals surface area contributed by atoms with Crippen molar-refractivity contribution in [1.82, 2.24) is 15.0 Å². The zero-order valence-corrected chi connectivity index (χ0v) is 28.4. The fourth-order valence-corrected chi connectivity index (χ4v) is 8.33. The fraction of sp³-hybridized carbons (Fsp3) is 0.0217. The van der Waals surface area contributed by atoms with E-state index >= 15 is 8.78 Å². The highest BCUT2D eigenvalue weighted by molar-refractivity contribution is 7.25. The summed E-state index contributed by atoms with van der Waals surface area (Å²) in [6.45, 7) is 0. The fourth-order valence-electron chi connectivity index (χ4n) is 7.24. The second-order valence-electron chi connectivity index (χ2n) is 13.0. The first-order valence-electron chi connectivity index (χ1n) is 17.1. The minimum atomic E-state index is -3.13. The highest BCUT2D eigenvalue weighted by atomic mass is 32.1. The van der Waals surface area contributed by atoms with E-state index < -0.39 is 5.92 Å². The van der Waals surface area contributed by atoms with Crippen LogP contribution in [0.25, 0.3) is 87.7 Å². The Hall–Kier alpha value is -6.37. The molecule has 0 saturated heterocycles. The molecule has 3 nitrogen and oxygen atoms in total. The van der Waals surface area contributed by atoms with Gasteiger partial charge in [0, 0.05) is 48.0 Å². The molecule has 246 valence electrons. The minimum Gasteiger partial charge on any atom is -0.208 e. The van der Waals surface area contributed by atoms with Gasteiger partial charge in [-0.05, 0) is 63.7 Å². The Balaban J connectivity index is 1.03. The van der Waals surface area contributed by atoms with Crippen LogP contribution in [-0.4, -0.2) is 15.0 Å².